The first-order valence-corrected chi connectivity index (χ1v) is 10.2. The highest BCUT2D eigenvalue weighted by atomic mass is 19.2. The van der Waals surface area contributed by atoms with Gasteiger partial charge in [-0.05, 0) is 99.7 Å². The molecule has 0 nitrogen and oxygen atoms in total. The van der Waals surface area contributed by atoms with Gasteiger partial charge in [0.05, 0.1) is 0 Å². The van der Waals surface area contributed by atoms with Crippen molar-refractivity contribution in [2.45, 2.75) is 77.0 Å². The fraction of sp³-hybridized carbons (Fsp3) is 0.652. The van der Waals surface area contributed by atoms with E-state index in [0.717, 1.165) is 36.2 Å². The number of rotatable bonds is 5. The van der Waals surface area contributed by atoms with E-state index in [2.05, 4.69) is 19.1 Å². The lowest BCUT2D eigenvalue weighted by Crippen LogP contribution is -2.25. The summed E-state index contributed by atoms with van der Waals surface area (Å²) in [5, 5.41) is 0. The van der Waals surface area contributed by atoms with E-state index >= 15 is 0 Å². The van der Waals surface area contributed by atoms with Crippen LogP contribution in [0, 0.1) is 29.4 Å². The van der Waals surface area contributed by atoms with Crippen LogP contribution in [0.2, 0.25) is 0 Å². The molecule has 0 bridgehead atoms. The average Bonchev–Trinajstić information content (AvgIpc) is 2.65. The number of benzene rings is 1. The zero-order valence-electron chi connectivity index (χ0n) is 15.5. The van der Waals surface area contributed by atoms with Crippen molar-refractivity contribution in [3.05, 3.63) is 47.5 Å². The van der Waals surface area contributed by atoms with Gasteiger partial charge in [-0.1, -0.05) is 31.1 Å². The molecular weight excluding hydrogens is 314 g/mol. The fourth-order valence-electron chi connectivity index (χ4n) is 5.14. The standard InChI is InChI=1S/C23H32F2/c1-2-3-4-5-17-6-8-18(9-7-17)19-10-12-20(13-11-19)21-14-15-22(24)23(25)16-21/h2-3,14-20H,4-13H2,1H3. The van der Waals surface area contributed by atoms with Crippen LogP contribution < -0.4 is 0 Å². The lowest BCUT2D eigenvalue weighted by atomic mass is 9.68. The summed E-state index contributed by atoms with van der Waals surface area (Å²) < 4.78 is 26.6. The Labute approximate surface area is 151 Å². The summed E-state index contributed by atoms with van der Waals surface area (Å²) in [4.78, 5) is 0. The third-order valence-electron chi connectivity index (χ3n) is 6.72. The monoisotopic (exact) mass is 346 g/mol. The molecule has 0 spiro atoms. The minimum atomic E-state index is -0.733. The van der Waals surface area contributed by atoms with E-state index in [1.165, 1.54) is 63.5 Å². The van der Waals surface area contributed by atoms with E-state index in [1.807, 2.05) is 0 Å². The molecule has 2 aliphatic rings. The molecule has 0 unspecified atom stereocenters. The van der Waals surface area contributed by atoms with Crippen molar-refractivity contribution in [2.24, 2.45) is 17.8 Å². The molecule has 2 saturated carbocycles. The second-order valence-electron chi connectivity index (χ2n) is 8.21. The van der Waals surface area contributed by atoms with Gasteiger partial charge in [0.15, 0.2) is 11.6 Å². The van der Waals surface area contributed by atoms with Crippen molar-refractivity contribution < 1.29 is 8.78 Å². The Morgan fingerprint density at radius 1 is 0.880 bits per heavy atom. The molecule has 0 saturated heterocycles. The summed E-state index contributed by atoms with van der Waals surface area (Å²) in [5.74, 6) is 1.69. The number of allylic oxidation sites excluding steroid dienone is 2. The highest BCUT2D eigenvalue weighted by Gasteiger charge is 2.31. The minimum absolute atomic E-state index is 0.420. The molecule has 0 atom stereocenters. The van der Waals surface area contributed by atoms with E-state index in [9.17, 15) is 8.78 Å². The Kier molecular flexibility index (Phi) is 6.67. The maximum absolute atomic E-state index is 13.5. The number of hydrogen-bond acceptors (Lipinski definition) is 0. The first-order chi connectivity index (χ1) is 12.2. The van der Waals surface area contributed by atoms with Crippen LogP contribution in [0.15, 0.2) is 30.4 Å². The van der Waals surface area contributed by atoms with E-state index < -0.39 is 11.6 Å². The summed E-state index contributed by atoms with van der Waals surface area (Å²) in [6, 6.07) is 4.47. The van der Waals surface area contributed by atoms with Gasteiger partial charge in [-0.15, -0.1) is 0 Å². The maximum atomic E-state index is 13.5. The van der Waals surface area contributed by atoms with Crippen LogP contribution in [-0.2, 0) is 0 Å². The zero-order valence-corrected chi connectivity index (χ0v) is 15.5. The summed E-state index contributed by atoms with van der Waals surface area (Å²) in [7, 11) is 0. The minimum Gasteiger partial charge on any atom is -0.204 e. The van der Waals surface area contributed by atoms with Crippen LogP contribution in [0.3, 0.4) is 0 Å². The summed E-state index contributed by atoms with van der Waals surface area (Å²) in [6.45, 7) is 2.10. The Bertz CT molecular complexity index is 561. The molecule has 0 radical (unpaired) electrons. The van der Waals surface area contributed by atoms with Crippen LogP contribution in [0.25, 0.3) is 0 Å². The quantitative estimate of drug-likeness (QED) is 0.487. The molecule has 0 N–H and O–H groups in total. The molecule has 0 aromatic heterocycles. The van der Waals surface area contributed by atoms with Gasteiger partial charge < -0.3 is 0 Å². The molecule has 0 aliphatic heterocycles. The lowest BCUT2D eigenvalue weighted by molar-refractivity contribution is 0.157. The van der Waals surface area contributed by atoms with E-state index in [4.69, 9.17) is 0 Å². The summed E-state index contributed by atoms with van der Waals surface area (Å²) >= 11 is 0. The predicted molar refractivity (Wildman–Crippen MR) is 101 cm³/mol. The zero-order chi connectivity index (χ0) is 17.6. The Morgan fingerprint density at radius 2 is 1.52 bits per heavy atom. The van der Waals surface area contributed by atoms with Gasteiger partial charge in [-0.2, -0.15) is 0 Å². The molecule has 2 aliphatic carbocycles. The van der Waals surface area contributed by atoms with E-state index in [-0.39, 0.29) is 0 Å². The van der Waals surface area contributed by atoms with Gasteiger partial charge in [0, 0.05) is 0 Å². The molecule has 1 aromatic rings. The van der Waals surface area contributed by atoms with Crippen LogP contribution >= 0.6 is 0 Å². The lowest BCUT2D eigenvalue weighted by Gasteiger charge is -2.38. The van der Waals surface area contributed by atoms with Gasteiger partial charge >= 0.3 is 0 Å². The van der Waals surface area contributed by atoms with E-state index in [1.54, 1.807) is 6.07 Å². The molecule has 2 heteroatoms. The first kappa shape index (κ1) is 18.6. The topological polar surface area (TPSA) is 0 Å². The number of halogens is 2. The van der Waals surface area contributed by atoms with Crippen molar-refractivity contribution in [1.29, 1.82) is 0 Å². The maximum Gasteiger partial charge on any atom is 0.159 e. The molecule has 0 amide bonds. The smallest absolute Gasteiger partial charge is 0.159 e. The largest absolute Gasteiger partial charge is 0.204 e. The molecular formula is C23H32F2. The normalized spacial score (nSPS) is 30.7. The van der Waals surface area contributed by atoms with Gasteiger partial charge in [-0.25, -0.2) is 8.78 Å². The van der Waals surface area contributed by atoms with Crippen molar-refractivity contribution in [3.8, 4) is 0 Å². The van der Waals surface area contributed by atoms with Gasteiger partial charge in [0.1, 0.15) is 0 Å². The fourth-order valence-corrected chi connectivity index (χ4v) is 5.14. The molecule has 3 rings (SSSR count). The average molecular weight is 347 g/mol. The highest BCUT2D eigenvalue weighted by molar-refractivity contribution is 5.22. The molecule has 0 heterocycles. The van der Waals surface area contributed by atoms with Crippen molar-refractivity contribution >= 4 is 0 Å². The molecule has 2 fully saturated rings. The van der Waals surface area contributed by atoms with Gasteiger partial charge in [-0.3, -0.25) is 0 Å². The van der Waals surface area contributed by atoms with Crippen LogP contribution in [-0.4, -0.2) is 0 Å². The van der Waals surface area contributed by atoms with Gasteiger partial charge in [0.25, 0.3) is 0 Å². The van der Waals surface area contributed by atoms with Crippen molar-refractivity contribution in [1.82, 2.24) is 0 Å². The Balaban J connectivity index is 1.44. The van der Waals surface area contributed by atoms with E-state index in [0.29, 0.717) is 5.92 Å². The third kappa shape index (κ3) is 4.92. The molecule has 138 valence electrons. The van der Waals surface area contributed by atoms with Crippen LogP contribution in [0.4, 0.5) is 8.78 Å². The predicted octanol–water partition coefficient (Wildman–Crippen LogP) is 7.40. The Morgan fingerprint density at radius 3 is 2.12 bits per heavy atom. The summed E-state index contributed by atoms with van der Waals surface area (Å²) in [6.07, 6.45) is 17.5. The second-order valence-corrected chi connectivity index (χ2v) is 8.21. The number of hydrogen-bond donors (Lipinski definition) is 0. The van der Waals surface area contributed by atoms with Crippen molar-refractivity contribution in [3.63, 3.8) is 0 Å². The SMILES string of the molecule is CC=CCCC1CCC(C2CCC(c3ccc(F)c(F)c3)CC2)CC1. The van der Waals surface area contributed by atoms with Crippen LogP contribution in [0.5, 0.6) is 0 Å². The third-order valence-corrected chi connectivity index (χ3v) is 6.72. The van der Waals surface area contributed by atoms with Crippen LogP contribution in [0.1, 0.15) is 82.6 Å². The second kappa shape index (κ2) is 8.96. The van der Waals surface area contributed by atoms with Crippen molar-refractivity contribution in [2.75, 3.05) is 0 Å². The Hall–Kier alpha value is -1.18. The highest BCUT2D eigenvalue weighted by Crippen LogP contribution is 2.44. The first-order valence-electron chi connectivity index (χ1n) is 10.2. The summed E-state index contributed by atoms with van der Waals surface area (Å²) in [5.41, 5.74) is 0.991. The molecule has 1 aromatic carbocycles. The van der Waals surface area contributed by atoms with Gasteiger partial charge in [0.2, 0.25) is 0 Å². The molecule has 25 heavy (non-hydrogen) atoms.